The minimum Gasteiger partial charge on any atom is -0.396 e. The maximum absolute atomic E-state index is 11.9. The lowest BCUT2D eigenvalue weighted by Gasteiger charge is -2.22. The number of hydrogen-bond donors (Lipinski definition) is 1. The quantitative estimate of drug-likeness (QED) is 0.389. The second kappa shape index (κ2) is 10.8. The second-order valence-electron chi connectivity index (χ2n) is 4.25. The van der Waals surface area contributed by atoms with Crippen molar-refractivity contribution in [3.05, 3.63) is 36.5 Å². The highest BCUT2D eigenvalue weighted by molar-refractivity contribution is 5.92. The molecule has 0 saturated heterocycles. The van der Waals surface area contributed by atoms with E-state index in [1.807, 2.05) is 31.2 Å². The zero-order valence-electron chi connectivity index (χ0n) is 11.6. The SMILES string of the molecule is C=C(C)C(=O)N(CC/C=C\C=C/C)CCCCO. The molecule has 0 bridgehead atoms. The number of unbranched alkanes of at least 4 members (excludes halogenated alkanes) is 1. The maximum Gasteiger partial charge on any atom is 0.248 e. The molecule has 0 aromatic rings. The Hall–Kier alpha value is -1.35. The first-order chi connectivity index (χ1) is 8.63. The van der Waals surface area contributed by atoms with E-state index in [-0.39, 0.29) is 12.5 Å². The molecule has 1 amide bonds. The summed E-state index contributed by atoms with van der Waals surface area (Å²) in [5.74, 6) is 0.00683. The van der Waals surface area contributed by atoms with Crippen LogP contribution in [0.3, 0.4) is 0 Å². The van der Waals surface area contributed by atoms with Crippen LogP contribution in [0, 0.1) is 0 Å². The molecule has 102 valence electrons. The van der Waals surface area contributed by atoms with Gasteiger partial charge >= 0.3 is 0 Å². The van der Waals surface area contributed by atoms with Crippen LogP contribution in [0.15, 0.2) is 36.5 Å². The third-order valence-corrected chi connectivity index (χ3v) is 2.49. The van der Waals surface area contributed by atoms with E-state index >= 15 is 0 Å². The Morgan fingerprint density at radius 2 is 2.00 bits per heavy atom. The van der Waals surface area contributed by atoms with Gasteiger partial charge in [-0.15, -0.1) is 0 Å². The third kappa shape index (κ3) is 7.85. The van der Waals surface area contributed by atoms with Gasteiger partial charge in [0.1, 0.15) is 0 Å². The van der Waals surface area contributed by atoms with Crippen LogP contribution < -0.4 is 0 Å². The predicted molar refractivity (Wildman–Crippen MR) is 76.3 cm³/mol. The summed E-state index contributed by atoms with van der Waals surface area (Å²) < 4.78 is 0. The minimum atomic E-state index is 0.00683. The summed E-state index contributed by atoms with van der Waals surface area (Å²) in [6.07, 6.45) is 10.4. The van der Waals surface area contributed by atoms with Crippen molar-refractivity contribution in [2.45, 2.75) is 33.1 Å². The van der Waals surface area contributed by atoms with Gasteiger partial charge in [-0.3, -0.25) is 4.79 Å². The average molecular weight is 251 g/mol. The second-order valence-corrected chi connectivity index (χ2v) is 4.25. The minimum absolute atomic E-state index is 0.00683. The van der Waals surface area contributed by atoms with Crippen molar-refractivity contribution in [1.29, 1.82) is 0 Å². The highest BCUT2D eigenvalue weighted by Crippen LogP contribution is 2.03. The van der Waals surface area contributed by atoms with Gasteiger partial charge in [-0.25, -0.2) is 0 Å². The smallest absolute Gasteiger partial charge is 0.248 e. The fourth-order valence-corrected chi connectivity index (χ4v) is 1.52. The molecule has 0 spiro atoms. The maximum atomic E-state index is 11.9. The van der Waals surface area contributed by atoms with Crippen LogP contribution in [0.25, 0.3) is 0 Å². The molecule has 0 aliphatic carbocycles. The van der Waals surface area contributed by atoms with Gasteiger partial charge in [-0.2, -0.15) is 0 Å². The number of carbonyl (C=O) groups is 1. The zero-order chi connectivity index (χ0) is 13.8. The van der Waals surface area contributed by atoms with Crippen LogP contribution in [0.1, 0.15) is 33.1 Å². The molecule has 0 aromatic heterocycles. The van der Waals surface area contributed by atoms with Crippen LogP contribution in [0.2, 0.25) is 0 Å². The number of aliphatic hydroxyl groups excluding tert-OH is 1. The van der Waals surface area contributed by atoms with E-state index in [4.69, 9.17) is 5.11 Å². The number of nitrogens with zero attached hydrogens (tertiary/aromatic N) is 1. The lowest BCUT2D eigenvalue weighted by Crippen LogP contribution is -2.33. The Bertz CT molecular complexity index is 306. The summed E-state index contributed by atoms with van der Waals surface area (Å²) in [4.78, 5) is 13.7. The summed E-state index contributed by atoms with van der Waals surface area (Å²) in [6, 6.07) is 0. The molecule has 0 radical (unpaired) electrons. The van der Waals surface area contributed by atoms with E-state index in [1.54, 1.807) is 11.8 Å². The van der Waals surface area contributed by atoms with Gasteiger partial charge in [0.2, 0.25) is 5.91 Å². The number of aliphatic hydroxyl groups is 1. The Balaban J connectivity index is 4.20. The van der Waals surface area contributed by atoms with Crippen LogP contribution in [0.5, 0.6) is 0 Å². The van der Waals surface area contributed by atoms with Crippen molar-refractivity contribution in [1.82, 2.24) is 4.90 Å². The van der Waals surface area contributed by atoms with Gasteiger partial charge in [0.05, 0.1) is 0 Å². The zero-order valence-corrected chi connectivity index (χ0v) is 11.6. The Morgan fingerprint density at radius 3 is 2.56 bits per heavy atom. The average Bonchev–Trinajstić information content (AvgIpc) is 2.35. The normalized spacial score (nSPS) is 11.3. The first-order valence-electron chi connectivity index (χ1n) is 6.47. The Labute approximate surface area is 110 Å². The van der Waals surface area contributed by atoms with Gasteiger partial charge in [0, 0.05) is 25.3 Å². The Kier molecular flexibility index (Phi) is 9.97. The molecule has 0 unspecified atom stereocenters. The molecule has 0 aliphatic rings. The molecule has 18 heavy (non-hydrogen) atoms. The molecule has 0 rings (SSSR count). The van der Waals surface area contributed by atoms with Gasteiger partial charge in [0.25, 0.3) is 0 Å². The molecule has 3 nitrogen and oxygen atoms in total. The molecule has 0 heterocycles. The molecule has 0 aromatic carbocycles. The van der Waals surface area contributed by atoms with Gasteiger partial charge in [0.15, 0.2) is 0 Å². The van der Waals surface area contributed by atoms with E-state index in [1.165, 1.54) is 0 Å². The van der Waals surface area contributed by atoms with Crippen LogP contribution in [-0.2, 0) is 4.79 Å². The molecular formula is C15H25NO2. The molecule has 0 aliphatic heterocycles. The van der Waals surface area contributed by atoms with Crippen molar-refractivity contribution < 1.29 is 9.90 Å². The van der Waals surface area contributed by atoms with Crippen molar-refractivity contribution in [2.24, 2.45) is 0 Å². The van der Waals surface area contributed by atoms with Gasteiger partial charge in [-0.1, -0.05) is 30.9 Å². The number of allylic oxidation sites excluding steroid dienone is 3. The monoisotopic (exact) mass is 251 g/mol. The molecule has 0 saturated carbocycles. The summed E-state index contributed by atoms with van der Waals surface area (Å²) in [7, 11) is 0. The van der Waals surface area contributed by atoms with Crippen molar-refractivity contribution >= 4 is 5.91 Å². The van der Waals surface area contributed by atoms with E-state index in [0.717, 1.165) is 19.3 Å². The van der Waals surface area contributed by atoms with E-state index in [9.17, 15) is 4.79 Å². The van der Waals surface area contributed by atoms with Gasteiger partial charge in [-0.05, 0) is 33.1 Å². The standard InChI is InChI=1S/C15H25NO2/c1-4-5-6-7-8-11-16(12-9-10-13-17)15(18)14(2)3/h4-7,17H,2,8-13H2,1,3H3/b5-4-,7-6-. The molecule has 1 N–H and O–H groups in total. The summed E-state index contributed by atoms with van der Waals surface area (Å²) in [5.41, 5.74) is 0.566. The molecule has 3 heteroatoms. The lowest BCUT2D eigenvalue weighted by atomic mass is 10.2. The van der Waals surface area contributed by atoms with Crippen molar-refractivity contribution in [3.63, 3.8) is 0 Å². The lowest BCUT2D eigenvalue weighted by molar-refractivity contribution is -0.127. The largest absolute Gasteiger partial charge is 0.396 e. The fourth-order valence-electron chi connectivity index (χ4n) is 1.52. The highest BCUT2D eigenvalue weighted by atomic mass is 16.2. The molecular weight excluding hydrogens is 226 g/mol. The molecule has 0 fully saturated rings. The van der Waals surface area contributed by atoms with Crippen LogP contribution in [0.4, 0.5) is 0 Å². The van der Waals surface area contributed by atoms with Crippen molar-refractivity contribution in [2.75, 3.05) is 19.7 Å². The highest BCUT2D eigenvalue weighted by Gasteiger charge is 2.12. The van der Waals surface area contributed by atoms with Crippen LogP contribution in [-0.4, -0.2) is 35.6 Å². The van der Waals surface area contributed by atoms with Crippen LogP contribution >= 0.6 is 0 Å². The van der Waals surface area contributed by atoms with Crippen molar-refractivity contribution in [3.8, 4) is 0 Å². The fraction of sp³-hybridized carbons (Fsp3) is 0.533. The summed E-state index contributed by atoms with van der Waals surface area (Å²) in [6.45, 7) is 8.95. The number of hydrogen-bond acceptors (Lipinski definition) is 2. The number of rotatable bonds is 9. The van der Waals surface area contributed by atoms with E-state index < -0.39 is 0 Å². The first-order valence-corrected chi connectivity index (χ1v) is 6.47. The first kappa shape index (κ1) is 16.6. The number of amides is 1. The van der Waals surface area contributed by atoms with E-state index in [0.29, 0.717) is 18.7 Å². The van der Waals surface area contributed by atoms with E-state index in [2.05, 4.69) is 6.58 Å². The summed E-state index contributed by atoms with van der Waals surface area (Å²) in [5, 5.41) is 8.76. The molecule has 0 atom stereocenters. The van der Waals surface area contributed by atoms with Gasteiger partial charge < -0.3 is 10.0 Å². The topological polar surface area (TPSA) is 40.5 Å². The number of carbonyl (C=O) groups excluding carboxylic acids is 1. The summed E-state index contributed by atoms with van der Waals surface area (Å²) >= 11 is 0. The Morgan fingerprint density at radius 1 is 1.28 bits per heavy atom. The predicted octanol–water partition coefficient (Wildman–Crippen LogP) is 2.69. The third-order valence-electron chi connectivity index (χ3n) is 2.49.